The fourth-order valence-corrected chi connectivity index (χ4v) is 2.38. The molecule has 0 atom stereocenters. The Bertz CT molecular complexity index is 582. The first-order chi connectivity index (χ1) is 9.43. The summed E-state index contributed by atoms with van der Waals surface area (Å²) in [5, 5.41) is 0. The van der Waals surface area contributed by atoms with Crippen LogP contribution in [0.4, 0.5) is 0 Å². The van der Waals surface area contributed by atoms with Crippen molar-refractivity contribution in [2.24, 2.45) is 0 Å². The third kappa shape index (κ3) is 2.76. The predicted octanol–water partition coefficient (Wildman–Crippen LogP) is 4.45. The quantitative estimate of drug-likeness (QED) is 0.774. The molecule has 3 rings (SSSR count). The fourth-order valence-electron chi connectivity index (χ4n) is 2.38. The van der Waals surface area contributed by atoms with Gasteiger partial charge >= 0.3 is 0 Å². The van der Waals surface area contributed by atoms with E-state index in [0.29, 0.717) is 0 Å². The molecule has 1 heteroatoms. The second-order valence-corrected chi connectivity index (χ2v) is 4.69. The third-order valence-corrected chi connectivity index (χ3v) is 3.31. The fraction of sp³-hybridized carbons (Fsp3) is 0.111. The number of hydrogen-bond donors (Lipinski definition) is 0. The van der Waals surface area contributed by atoms with Gasteiger partial charge in [0.15, 0.2) is 0 Å². The van der Waals surface area contributed by atoms with Gasteiger partial charge in [0, 0.05) is 18.4 Å². The van der Waals surface area contributed by atoms with Crippen molar-refractivity contribution in [3.8, 4) is 0 Å². The van der Waals surface area contributed by atoms with Crippen molar-refractivity contribution in [2.75, 3.05) is 0 Å². The Kier molecular flexibility index (Phi) is 3.46. The minimum Gasteiger partial charge on any atom is -0.344 e. The minimum atomic E-state index is 0.915. The van der Waals surface area contributed by atoms with E-state index < -0.39 is 0 Å². The molecule has 0 bridgehead atoms. The third-order valence-electron chi connectivity index (χ3n) is 3.31. The minimum absolute atomic E-state index is 0.915. The Morgan fingerprint density at radius 2 is 1.53 bits per heavy atom. The molecule has 0 amide bonds. The van der Waals surface area contributed by atoms with Crippen LogP contribution in [0.15, 0.2) is 79.0 Å². The monoisotopic (exact) mass is 247 g/mol. The molecule has 1 aliphatic rings. The number of nitrogens with zero attached hydrogens (tertiary/aromatic N) is 1. The van der Waals surface area contributed by atoms with E-state index in [0.717, 1.165) is 13.0 Å². The van der Waals surface area contributed by atoms with E-state index in [-0.39, 0.29) is 0 Å². The van der Waals surface area contributed by atoms with E-state index in [4.69, 9.17) is 0 Å². The standard InChI is InChI=1S/C18H17N/c1-3-9-16(10-4-1)15-19-14-8-7-13-18(19)17-11-5-2-6-12-17/h1-6,8-14H,7,15H2. The molecule has 2 aromatic rings. The summed E-state index contributed by atoms with van der Waals surface area (Å²) in [5.41, 5.74) is 3.91. The molecule has 0 radical (unpaired) electrons. The van der Waals surface area contributed by atoms with Gasteiger partial charge in [-0.25, -0.2) is 0 Å². The summed E-state index contributed by atoms with van der Waals surface area (Å²) in [4.78, 5) is 2.31. The molecule has 0 N–H and O–H groups in total. The maximum Gasteiger partial charge on any atom is 0.0475 e. The second kappa shape index (κ2) is 5.57. The van der Waals surface area contributed by atoms with Crippen LogP contribution < -0.4 is 0 Å². The molecule has 1 heterocycles. The van der Waals surface area contributed by atoms with Crippen molar-refractivity contribution < 1.29 is 0 Å². The van der Waals surface area contributed by atoms with Gasteiger partial charge in [-0.15, -0.1) is 0 Å². The summed E-state index contributed by atoms with van der Waals surface area (Å²) in [6, 6.07) is 21.2. The van der Waals surface area contributed by atoms with Crippen LogP contribution in [-0.4, -0.2) is 4.90 Å². The summed E-state index contributed by atoms with van der Waals surface area (Å²) in [6.45, 7) is 0.915. The Hall–Kier alpha value is -2.28. The zero-order valence-corrected chi connectivity index (χ0v) is 10.9. The molecule has 94 valence electrons. The average Bonchev–Trinajstić information content (AvgIpc) is 2.50. The van der Waals surface area contributed by atoms with Gasteiger partial charge in [-0.3, -0.25) is 0 Å². The molecule has 1 nitrogen and oxygen atoms in total. The van der Waals surface area contributed by atoms with Crippen molar-refractivity contribution >= 4 is 5.70 Å². The summed E-state index contributed by atoms with van der Waals surface area (Å²) in [7, 11) is 0. The zero-order chi connectivity index (χ0) is 12.9. The summed E-state index contributed by atoms with van der Waals surface area (Å²) >= 11 is 0. The van der Waals surface area contributed by atoms with Crippen LogP contribution in [-0.2, 0) is 6.54 Å². The zero-order valence-electron chi connectivity index (χ0n) is 10.9. The predicted molar refractivity (Wildman–Crippen MR) is 80.2 cm³/mol. The maximum absolute atomic E-state index is 2.31. The molecule has 2 aromatic carbocycles. The lowest BCUT2D eigenvalue weighted by atomic mass is 10.1. The van der Waals surface area contributed by atoms with Gasteiger partial charge in [0.25, 0.3) is 0 Å². The van der Waals surface area contributed by atoms with Gasteiger partial charge in [-0.05, 0) is 17.5 Å². The number of benzene rings is 2. The van der Waals surface area contributed by atoms with Gasteiger partial charge in [-0.1, -0.05) is 72.8 Å². The largest absolute Gasteiger partial charge is 0.344 e. The maximum atomic E-state index is 2.31. The van der Waals surface area contributed by atoms with Gasteiger partial charge in [-0.2, -0.15) is 0 Å². The van der Waals surface area contributed by atoms with Crippen molar-refractivity contribution in [1.29, 1.82) is 0 Å². The molecular formula is C18H17N. The second-order valence-electron chi connectivity index (χ2n) is 4.69. The lowest BCUT2D eigenvalue weighted by Gasteiger charge is -2.26. The van der Waals surface area contributed by atoms with Crippen LogP contribution >= 0.6 is 0 Å². The molecule has 0 aliphatic carbocycles. The van der Waals surface area contributed by atoms with E-state index in [2.05, 4.69) is 83.9 Å². The van der Waals surface area contributed by atoms with Crippen LogP contribution in [0.3, 0.4) is 0 Å². The van der Waals surface area contributed by atoms with Crippen LogP contribution in [0.25, 0.3) is 5.70 Å². The van der Waals surface area contributed by atoms with E-state index in [1.54, 1.807) is 0 Å². The number of rotatable bonds is 3. The molecular weight excluding hydrogens is 230 g/mol. The smallest absolute Gasteiger partial charge is 0.0475 e. The first-order valence-corrected chi connectivity index (χ1v) is 6.66. The number of hydrogen-bond acceptors (Lipinski definition) is 1. The van der Waals surface area contributed by atoms with Crippen LogP contribution in [0.2, 0.25) is 0 Å². The average molecular weight is 247 g/mol. The van der Waals surface area contributed by atoms with E-state index in [1.807, 2.05) is 0 Å². The topological polar surface area (TPSA) is 3.24 Å². The normalized spacial score (nSPS) is 14.3. The van der Waals surface area contributed by atoms with Crippen molar-refractivity contribution in [1.82, 2.24) is 4.90 Å². The SMILES string of the molecule is C1=CN(Cc2ccccc2)C(c2ccccc2)=CC1. The Morgan fingerprint density at radius 1 is 0.842 bits per heavy atom. The van der Waals surface area contributed by atoms with E-state index in [9.17, 15) is 0 Å². The summed E-state index contributed by atoms with van der Waals surface area (Å²) in [5.74, 6) is 0. The summed E-state index contributed by atoms with van der Waals surface area (Å²) in [6.07, 6.45) is 7.69. The van der Waals surface area contributed by atoms with Crippen LogP contribution in [0.5, 0.6) is 0 Å². The lowest BCUT2D eigenvalue weighted by Crippen LogP contribution is -2.17. The highest BCUT2D eigenvalue weighted by atomic mass is 15.1. The van der Waals surface area contributed by atoms with Crippen molar-refractivity contribution in [3.05, 3.63) is 90.1 Å². The molecule has 0 saturated heterocycles. The van der Waals surface area contributed by atoms with Crippen molar-refractivity contribution in [2.45, 2.75) is 13.0 Å². The van der Waals surface area contributed by atoms with Gasteiger partial charge < -0.3 is 4.90 Å². The molecule has 0 spiro atoms. The number of allylic oxidation sites excluding steroid dienone is 2. The van der Waals surface area contributed by atoms with E-state index >= 15 is 0 Å². The Morgan fingerprint density at radius 3 is 2.26 bits per heavy atom. The molecule has 1 aliphatic heterocycles. The van der Waals surface area contributed by atoms with E-state index in [1.165, 1.54) is 16.8 Å². The lowest BCUT2D eigenvalue weighted by molar-refractivity contribution is 0.518. The molecule has 0 aromatic heterocycles. The van der Waals surface area contributed by atoms with Gasteiger partial charge in [0.2, 0.25) is 0 Å². The summed E-state index contributed by atoms with van der Waals surface area (Å²) < 4.78 is 0. The highest BCUT2D eigenvalue weighted by Crippen LogP contribution is 2.25. The molecule has 0 fully saturated rings. The first kappa shape index (κ1) is 11.8. The van der Waals surface area contributed by atoms with Crippen LogP contribution in [0.1, 0.15) is 17.5 Å². The molecule has 19 heavy (non-hydrogen) atoms. The van der Waals surface area contributed by atoms with Gasteiger partial charge in [0.1, 0.15) is 0 Å². The Labute approximate surface area is 114 Å². The highest BCUT2D eigenvalue weighted by Gasteiger charge is 2.11. The van der Waals surface area contributed by atoms with Gasteiger partial charge in [0.05, 0.1) is 0 Å². The van der Waals surface area contributed by atoms with Crippen LogP contribution in [0, 0.1) is 0 Å². The first-order valence-electron chi connectivity index (χ1n) is 6.66. The van der Waals surface area contributed by atoms with Crippen molar-refractivity contribution in [3.63, 3.8) is 0 Å². The highest BCUT2D eigenvalue weighted by molar-refractivity contribution is 5.66. The molecule has 0 saturated carbocycles. The molecule has 0 unspecified atom stereocenters. The Balaban J connectivity index is 1.85.